The molecule has 1 unspecified atom stereocenters. The summed E-state index contributed by atoms with van der Waals surface area (Å²) in [5.41, 5.74) is -1.13. The van der Waals surface area contributed by atoms with E-state index in [1.165, 1.54) is 16.8 Å². The van der Waals surface area contributed by atoms with E-state index in [2.05, 4.69) is 4.98 Å². The third-order valence-corrected chi connectivity index (χ3v) is 2.80. The van der Waals surface area contributed by atoms with E-state index in [1.54, 1.807) is 0 Å². The van der Waals surface area contributed by atoms with E-state index in [9.17, 15) is 14.0 Å². The molecule has 1 aliphatic heterocycles. The molecule has 0 aromatic carbocycles. The summed E-state index contributed by atoms with van der Waals surface area (Å²) in [7, 11) is 0. The predicted octanol–water partition coefficient (Wildman–Crippen LogP) is -0.871. The highest BCUT2D eigenvalue weighted by Crippen LogP contribution is 2.29. The molecule has 0 saturated carbocycles. The van der Waals surface area contributed by atoms with Gasteiger partial charge in [0, 0.05) is 18.7 Å². The fourth-order valence-corrected chi connectivity index (χ4v) is 1.95. The topological polar surface area (TPSA) is 93.5 Å². The van der Waals surface area contributed by atoms with E-state index in [0.29, 0.717) is 0 Å². The standard InChI is InChI=1S/C10H13FN2O5/c11-5-17-6-3-9(18-7(6)4-14)13-2-1-8(15)12-10(13)16/h1-2,6-7,9,14H,3-5H2,(H,12,15,16)/t6?,7-,9-/m1/s1. The van der Waals surface area contributed by atoms with Crippen molar-refractivity contribution in [3.05, 3.63) is 33.1 Å². The second-order valence-corrected chi connectivity index (χ2v) is 3.88. The maximum Gasteiger partial charge on any atom is 0.330 e. The van der Waals surface area contributed by atoms with Crippen LogP contribution in [0.4, 0.5) is 4.39 Å². The van der Waals surface area contributed by atoms with Crippen LogP contribution < -0.4 is 11.2 Å². The van der Waals surface area contributed by atoms with Crippen molar-refractivity contribution >= 4 is 0 Å². The Balaban J connectivity index is 2.20. The SMILES string of the molecule is O=c1ccn([C@H]2CC(OCF)[C@@H](CO)O2)c(=O)[nH]1. The van der Waals surface area contributed by atoms with Crippen molar-refractivity contribution in [1.29, 1.82) is 0 Å². The minimum atomic E-state index is -0.988. The molecule has 0 amide bonds. The lowest BCUT2D eigenvalue weighted by atomic mass is 10.2. The van der Waals surface area contributed by atoms with Gasteiger partial charge in [0.1, 0.15) is 12.3 Å². The van der Waals surface area contributed by atoms with E-state index in [1.807, 2.05) is 0 Å². The van der Waals surface area contributed by atoms with Gasteiger partial charge in [0.05, 0.1) is 12.7 Å². The van der Waals surface area contributed by atoms with Crippen LogP contribution in [0, 0.1) is 0 Å². The van der Waals surface area contributed by atoms with Crippen molar-refractivity contribution in [3.63, 3.8) is 0 Å². The molecule has 1 saturated heterocycles. The summed E-state index contributed by atoms with van der Waals surface area (Å²) in [4.78, 5) is 24.5. The Bertz CT molecular complexity index is 513. The Morgan fingerprint density at radius 1 is 1.61 bits per heavy atom. The summed E-state index contributed by atoms with van der Waals surface area (Å²) in [6.07, 6.45) is -0.490. The molecule has 2 rings (SSSR count). The van der Waals surface area contributed by atoms with Gasteiger partial charge in [-0.25, -0.2) is 9.18 Å². The number of hydrogen-bond acceptors (Lipinski definition) is 5. The first-order valence-electron chi connectivity index (χ1n) is 5.41. The van der Waals surface area contributed by atoms with Crippen molar-refractivity contribution in [2.75, 3.05) is 13.5 Å². The molecule has 0 radical (unpaired) electrons. The van der Waals surface area contributed by atoms with Crippen LogP contribution in [0.25, 0.3) is 0 Å². The number of aromatic nitrogens is 2. The summed E-state index contributed by atoms with van der Waals surface area (Å²) in [5, 5.41) is 9.07. The Morgan fingerprint density at radius 3 is 3.00 bits per heavy atom. The lowest BCUT2D eigenvalue weighted by molar-refractivity contribution is -0.0775. The molecule has 1 aromatic rings. The lowest BCUT2D eigenvalue weighted by Gasteiger charge is -2.14. The first-order valence-corrected chi connectivity index (χ1v) is 5.41. The highest BCUT2D eigenvalue weighted by Gasteiger charge is 2.37. The lowest BCUT2D eigenvalue weighted by Crippen LogP contribution is -2.31. The number of aromatic amines is 1. The molecule has 7 nitrogen and oxygen atoms in total. The number of aliphatic hydroxyl groups is 1. The van der Waals surface area contributed by atoms with Gasteiger partial charge in [0.15, 0.2) is 6.86 Å². The van der Waals surface area contributed by atoms with Crippen molar-refractivity contribution in [2.24, 2.45) is 0 Å². The van der Waals surface area contributed by atoms with Gasteiger partial charge in [-0.2, -0.15) is 0 Å². The smallest absolute Gasteiger partial charge is 0.330 e. The number of ether oxygens (including phenoxy) is 2. The monoisotopic (exact) mass is 260 g/mol. The molecule has 2 heterocycles. The van der Waals surface area contributed by atoms with Crippen LogP contribution in [-0.4, -0.2) is 40.3 Å². The molecule has 100 valence electrons. The molecule has 0 aliphatic carbocycles. The van der Waals surface area contributed by atoms with Gasteiger partial charge in [0.25, 0.3) is 5.56 Å². The number of halogens is 1. The average molecular weight is 260 g/mol. The maximum absolute atomic E-state index is 12.1. The van der Waals surface area contributed by atoms with Crippen LogP contribution in [0.1, 0.15) is 12.6 Å². The second-order valence-electron chi connectivity index (χ2n) is 3.88. The highest BCUT2D eigenvalue weighted by molar-refractivity contribution is 4.88. The fourth-order valence-electron chi connectivity index (χ4n) is 1.95. The predicted molar refractivity (Wildman–Crippen MR) is 57.8 cm³/mol. The zero-order valence-corrected chi connectivity index (χ0v) is 9.41. The van der Waals surface area contributed by atoms with Gasteiger partial charge in [-0.1, -0.05) is 0 Å². The van der Waals surface area contributed by atoms with Crippen LogP contribution in [0.2, 0.25) is 0 Å². The third kappa shape index (κ3) is 2.50. The van der Waals surface area contributed by atoms with Gasteiger partial charge in [-0.3, -0.25) is 14.3 Å². The summed E-state index contributed by atoms with van der Waals surface area (Å²) in [6.45, 7) is -1.32. The first kappa shape index (κ1) is 12.9. The number of rotatable bonds is 4. The molecule has 0 bridgehead atoms. The number of H-pyrrole nitrogens is 1. The van der Waals surface area contributed by atoms with Crippen LogP contribution in [0.15, 0.2) is 21.9 Å². The molecular formula is C10H13FN2O5. The molecule has 8 heteroatoms. The zero-order chi connectivity index (χ0) is 13.1. The van der Waals surface area contributed by atoms with Gasteiger partial charge < -0.3 is 14.6 Å². The number of nitrogens with one attached hydrogen (secondary N) is 1. The summed E-state index contributed by atoms with van der Waals surface area (Å²) in [6, 6.07) is 1.18. The van der Waals surface area contributed by atoms with E-state index in [4.69, 9.17) is 14.6 Å². The number of aliphatic hydroxyl groups excluding tert-OH is 1. The van der Waals surface area contributed by atoms with Crippen molar-refractivity contribution in [1.82, 2.24) is 9.55 Å². The minimum absolute atomic E-state index is 0.223. The van der Waals surface area contributed by atoms with E-state index >= 15 is 0 Å². The molecule has 2 N–H and O–H groups in total. The van der Waals surface area contributed by atoms with Crippen LogP contribution in [-0.2, 0) is 9.47 Å². The van der Waals surface area contributed by atoms with Crippen LogP contribution in [0.5, 0.6) is 0 Å². The van der Waals surface area contributed by atoms with E-state index in [0.717, 1.165) is 0 Å². The van der Waals surface area contributed by atoms with Gasteiger partial charge >= 0.3 is 5.69 Å². The summed E-state index contributed by atoms with van der Waals surface area (Å²) >= 11 is 0. The quantitative estimate of drug-likeness (QED) is 0.734. The molecule has 1 aliphatic rings. The Kier molecular flexibility index (Phi) is 3.90. The van der Waals surface area contributed by atoms with Crippen LogP contribution >= 0.6 is 0 Å². The Hall–Kier alpha value is -1.51. The largest absolute Gasteiger partial charge is 0.394 e. The molecular weight excluding hydrogens is 247 g/mol. The maximum atomic E-state index is 12.1. The van der Waals surface area contributed by atoms with Gasteiger partial charge in [0.2, 0.25) is 0 Å². The Morgan fingerprint density at radius 2 is 2.39 bits per heavy atom. The van der Waals surface area contributed by atoms with Gasteiger partial charge in [-0.15, -0.1) is 0 Å². The molecule has 3 atom stereocenters. The van der Waals surface area contributed by atoms with Gasteiger partial charge in [-0.05, 0) is 0 Å². The normalized spacial score (nSPS) is 27.6. The average Bonchev–Trinajstić information content (AvgIpc) is 2.72. The first-order chi connectivity index (χ1) is 8.65. The molecule has 0 spiro atoms. The minimum Gasteiger partial charge on any atom is -0.394 e. The number of alkyl halides is 1. The zero-order valence-electron chi connectivity index (χ0n) is 9.41. The molecule has 1 fully saturated rings. The van der Waals surface area contributed by atoms with Crippen molar-refractivity contribution in [3.8, 4) is 0 Å². The number of nitrogens with zero attached hydrogens (tertiary/aromatic N) is 1. The third-order valence-electron chi connectivity index (χ3n) is 2.80. The molecule has 18 heavy (non-hydrogen) atoms. The van der Waals surface area contributed by atoms with Crippen molar-refractivity contribution in [2.45, 2.75) is 24.9 Å². The molecule has 1 aromatic heterocycles. The van der Waals surface area contributed by atoms with Crippen LogP contribution in [0.3, 0.4) is 0 Å². The fraction of sp³-hybridized carbons (Fsp3) is 0.600. The Labute approximate surface area is 101 Å². The van der Waals surface area contributed by atoms with Crippen molar-refractivity contribution < 1.29 is 19.0 Å². The summed E-state index contributed by atoms with van der Waals surface area (Å²) in [5.74, 6) is 0. The summed E-state index contributed by atoms with van der Waals surface area (Å²) < 4.78 is 23.5. The highest BCUT2D eigenvalue weighted by atomic mass is 19.1. The van der Waals surface area contributed by atoms with E-state index in [-0.39, 0.29) is 13.0 Å². The van der Waals surface area contributed by atoms with E-state index < -0.39 is 36.5 Å². The second kappa shape index (κ2) is 5.42. The number of hydrogen-bond donors (Lipinski definition) is 2.